The summed E-state index contributed by atoms with van der Waals surface area (Å²) < 4.78 is 16.6. The Morgan fingerprint density at radius 1 is 1.18 bits per heavy atom. The average molecular weight is 478 g/mol. The third-order valence-electron chi connectivity index (χ3n) is 4.60. The number of pyridine rings is 1. The van der Waals surface area contributed by atoms with Gasteiger partial charge in [-0.3, -0.25) is 13.9 Å². The number of ether oxygens (including phenoxy) is 1. The van der Waals surface area contributed by atoms with Gasteiger partial charge in [-0.25, -0.2) is 9.78 Å². The Labute approximate surface area is 198 Å². The summed E-state index contributed by atoms with van der Waals surface area (Å²) in [6, 6.07) is 3.43. The summed E-state index contributed by atoms with van der Waals surface area (Å²) in [6.45, 7) is 11.2. The third kappa shape index (κ3) is 10.2. The van der Waals surface area contributed by atoms with Gasteiger partial charge >= 0.3 is 6.09 Å². The molecule has 9 nitrogen and oxygen atoms in total. The van der Waals surface area contributed by atoms with Gasteiger partial charge in [0.2, 0.25) is 0 Å². The zero-order valence-corrected chi connectivity index (χ0v) is 20.8. The Morgan fingerprint density at radius 2 is 1.91 bits per heavy atom. The topological polar surface area (TPSA) is 113 Å². The van der Waals surface area contributed by atoms with Gasteiger partial charge in [-0.2, -0.15) is 0 Å². The number of aromatic nitrogens is 1. The van der Waals surface area contributed by atoms with Crippen LogP contribution in [-0.4, -0.2) is 82.5 Å². The lowest BCUT2D eigenvalue weighted by Gasteiger charge is -2.26. The van der Waals surface area contributed by atoms with Crippen LogP contribution < -0.4 is 16.0 Å². The molecule has 1 saturated heterocycles. The van der Waals surface area contributed by atoms with E-state index in [0.717, 1.165) is 19.6 Å². The van der Waals surface area contributed by atoms with Crippen molar-refractivity contribution in [1.29, 1.82) is 0 Å². The maximum absolute atomic E-state index is 12.7. The van der Waals surface area contributed by atoms with Crippen LogP contribution in [0.5, 0.6) is 0 Å². The molecule has 2 amide bonds. The van der Waals surface area contributed by atoms with Gasteiger partial charge in [-0.1, -0.05) is 5.92 Å². The van der Waals surface area contributed by atoms with Crippen molar-refractivity contribution in [2.24, 2.45) is 0 Å². The molecule has 2 rings (SSSR count). The summed E-state index contributed by atoms with van der Waals surface area (Å²) in [7, 11) is -0.704. The molecule has 3 N–H and O–H groups in total. The molecule has 0 spiro atoms. The molecule has 1 aromatic heterocycles. The quantitative estimate of drug-likeness (QED) is 0.385. The zero-order valence-electron chi connectivity index (χ0n) is 20.0. The molecule has 1 fully saturated rings. The fourth-order valence-corrected chi connectivity index (χ4v) is 4.16. The lowest BCUT2D eigenvalue weighted by molar-refractivity contribution is 0.0529. The number of hydrogen-bond donors (Lipinski definition) is 3. The molecular weight excluding hydrogens is 442 g/mol. The zero-order chi connectivity index (χ0) is 24.3. The molecule has 0 atom stereocenters. The van der Waals surface area contributed by atoms with Crippen molar-refractivity contribution >= 4 is 28.6 Å². The number of anilines is 1. The van der Waals surface area contributed by atoms with Crippen LogP contribution in [0, 0.1) is 11.8 Å². The van der Waals surface area contributed by atoms with Gasteiger partial charge in [0.15, 0.2) is 0 Å². The Balaban J connectivity index is 1.86. The van der Waals surface area contributed by atoms with Crippen LogP contribution in [0.15, 0.2) is 12.1 Å². The number of alkyl carbamates (subject to hydrolysis) is 1. The minimum absolute atomic E-state index is 0.194. The number of nitrogens with one attached hydrogen (secondary N) is 3. The highest BCUT2D eigenvalue weighted by molar-refractivity contribution is 7.85. The van der Waals surface area contributed by atoms with E-state index in [0.29, 0.717) is 54.6 Å². The second-order valence-electron chi connectivity index (χ2n) is 8.55. The first-order valence-electron chi connectivity index (χ1n) is 11.2. The lowest BCUT2D eigenvalue weighted by atomic mass is 10.2. The highest BCUT2D eigenvalue weighted by atomic mass is 32.2. The Bertz CT molecular complexity index is 894. The summed E-state index contributed by atoms with van der Waals surface area (Å²) in [5, 5.41) is 8.72. The predicted molar refractivity (Wildman–Crippen MR) is 131 cm³/mol. The van der Waals surface area contributed by atoms with E-state index in [-0.39, 0.29) is 5.91 Å². The number of nitrogens with zero attached hydrogens (tertiary/aromatic N) is 2. The fourth-order valence-electron chi connectivity index (χ4n) is 3.03. The van der Waals surface area contributed by atoms with E-state index in [4.69, 9.17) is 4.74 Å². The van der Waals surface area contributed by atoms with Crippen LogP contribution >= 0.6 is 0 Å². The lowest BCUT2D eigenvalue weighted by Crippen LogP contribution is -2.42. The van der Waals surface area contributed by atoms with Crippen LogP contribution in [0.4, 0.5) is 10.6 Å². The van der Waals surface area contributed by atoms with Crippen LogP contribution in [0.1, 0.15) is 50.2 Å². The van der Waals surface area contributed by atoms with Crippen LogP contribution in [0.2, 0.25) is 0 Å². The molecule has 0 bridgehead atoms. The molecule has 0 aromatic carbocycles. The number of carbonyl (C=O) groups is 2. The predicted octanol–water partition coefficient (Wildman–Crippen LogP) is 1.57. The van der Waals surface area contributed by atoms with Gasteiger partial charge in [0.1, 0.15) is 17.1 Å². The molecule has 1 aromatic rings. The molecule has 0 saturated carbocycles. The van der Waals surface area contributed by atoms with Crippen LogP contribution in [0.25, 0.3) is 0 Å². The minimum atomic E-state index is -0.704. The molecule has 0 radical (unpaired) electrons. The van der Waals surface area contributed by atoms with Gasteiger partial charge < -0.3 is 20.7 Å². The van der Waals surface area contributed by atoms with Crippen molar-refractivity contribution in [1.82, 2.24) is 20.5 Å². The fraction of sp³-hybridized carbons (Fsp3) is 0.609. The second kappa shape index (κ2) is 13.2. The molecule has 182 valence electrons. The summed E-state index contributed by atoms with van der Waals surface area (Å²) in [5.41, 5.74) is 0.473. The maximum Gasteiger partial charge on any atom is 0.407 e. The minimum Gasteiger partial charge on any atom is -0.444 e. The van der Waals surface area contributed by atoms with Crippen molar-refractivity contribution in [3.05, 3.63) is 23.4 Å². The van der Waals surface area contributed by atoms with Crippen molar-refractivity contribution < 1.29 is 18.5 Å². The SMILES string of the molecule is CCNc1nc(C#CCCNC(=O)OC(C)(C)C)ccc1C(=O)NCCN1CCS(=O)CC1. The standard InChI is InChI=1S/C23H35N5O4S/c1-5-24-20-19(21(29)25-12-13-28-14-16-33(31)17-15-28)10-9-18(27-20)8-6-7-11-26-22(30)32-23(2,3)4/h9-10H,5,7,11-17H2,1-4H3,(H,24,27)(H,25,29)(H,26,30). The number of rotatable bonds is 8. The van der Waals surface area contributed by atoms with Gasteiger partial charge in [0.25, 0.3) is 5.91 Å². The molecule has 1 aliphatic heterocycles. The first kappa shape index (κ1) is 26.6. The van der Waals surface area contributed by atoms with Crippen molar-refractivity contribution in [3.8, 4) is 11.8 Å². The summed E-state index contributed by atoms with van der Waals surface area (Å²) in [5.74, 6) is 7.62. The van der Waals surface area contributed by atoms with Crippen molar-refractivity contribution in [3.63, 3.8) is 0 Å². The van der Waals surface area contributed by atoms with Gasteiger partial charge in [-0.15, -0.1) is 0 Å². The van der Waals surface area contributed by atoms with Gasteiger partial charge in [-0.05, 0) is 45.7 Å². The van der Waals surface area contributed by atoms with E-state index in [2.05, 4.69) is 37.7 Å². The van der Waals surface area contributed by atoms with E-state index in [1.54, 1.807) is 12.1 Å². The monoisotopic (exact) mass is 477 g/mol. The molecule has 0 unspecified atom stereocenters. The molecule has 33 heavy (non-hydrogen) atoms. The largest absolute Gasteiger partial charge is 0.444 e. The van der Waals surface area contributed by atoms with E-state index < -0.39 is 22.5 Å². The van der Waals surface area contributed by atoms with Gasteiger partial charge in [0.05, 0.1) is 5.56 Å². The Morgan fingerprint density at radius 3 is 2.58 bits per heavy atom. The van der Waals surface area contributed by atoms with Crippen molar-refractivity contribution in [2.75, 3.05) is 56.1 Å². The molecule has 10 heteroatoms. The van der Waals surface area contributed by atoms with E-state index in [9.17, 15) is 13.8 Å². The average Bonchev–Trinajstić information content (AvgIpc) is 2.74. The van der Waals surface area contributed by atoms with Crippen LogP contribution in [-0.2, 0) is 15.5 Å². The highest BCUT2D eigenvalue weighted by Crippen LogP contribution is 2.13. The smallest absolute Gasteiger partial charge is 0.407 e. The third-order valence-corrected chi connectivity index (χ3v) is 5.88. The van der Waals surface area contributed by atoms with Crippen LogP contribution in [0.3, 0.4) is 0 Å². The Hall–Kier alpha value is -2.64. The Kier molecular flexibility index (Phi) is 10.6. The van der Waals surface area contributed by atoms with E-state index >= 15 is 0 Å². The highest BCUT2D eigenvalue weighted by Gasteiger charge is 2.17. The summed E-state index contributed by atoms with van der Waals surface area (Å²) in [6.07, 6.45) is -0.0217. The summed E-state index contributed by atoms with van der Waals surface area (Å²) in [4.78, 5) is 31.0. The van der Waals surface area contributed by atoms with Crippen molar-refractivity contribution in [2.45, 2.75) is 39.7 Å². The van der Waals surface area contributed by atoms with E-state index in [1.165, 1.54) is 0 Å². The maximum atomic E-state index is 12.7. The molecule has 0 aliphatic carbocycles. The normalized spacial score (nSPS) is 14.7. The number of hydrogen-bond acceptors (Lipinski definition) is 7. The first-order valence-corrected chi connectivity index (χ1v) is 12.7. The van der Waals surface area contributed by atoms with E-state index in [1.807, 2.05) is 27.7 Å². The number of carbonyl (C=O) groups excluding carboxylic acids is 2. The first-order chi connectivity index (χ1) is 15.7. The molecule has 1 aliphatic rings. The van der Waals surface area contributed by atoms with Gasteiger partial charge in [0, 0.05) is 68.0 Å². The molecular formula is C23H35N5O4S. The summed E-state index contributed by atoms with van der Waals surface area (Å²) >= 11 is 0. The molecule has 2 heterocycles. The number of amides is 2. The second-order valence-corrected chi connectivity index (χ2v) is 10.2.